The smallest absolute Gasteiger partial charge is 0.113 e. The van der Waals surface area contributed by atoms with E-state index in [0.717, 1.165) is 19.4 Å². The van der Waals surface area contributed by atoms with Crippen molar-refractivity contribution in [1.29, 1.82) is 0 Å². The highest BCUT2D eigenvalue weighted by Crippen LogP contribution is 2.40. The van der Waals surface area contributed by atoms with E-state index in [0.29, 0.717) is 12.1 Å². The second-order valence-electron chi connectivity index (χ2n) is 6.26. The van der Waals surface area contributed by atoms with E-state index in [-0.39, 0.29) is 5.54 Å². The average Bonchev–Trinajstić information content (AvgIpc) is 2.87. The number of aryl methyl sites for hydroxylation is 2. The summed E-state index contributed by atoms with van der Waals surface area (Å²) in [5, 5.41) is 5.11. The maximum atomic E-state index is 5.75. The monoisotopic (exact) mass is 280 g/mol. The van der Waals surface area contributed by atoms with Crippen LogP contribution in [0.1, 0.15) is 55.6 Å². The molecule has 1 aromatic rings. The number of nitrogens with one attached hydrogen (secondary N) is 1. The summed E-state index contributed by atoms with van der Waals surface area (Å²) in [7, 11) is 0. The Morgan fingerprint density at radius 1 is 1.42 bits per heavy atom. The average molecular weight is 280 g/mol. The van der Waals surface area contributed by atoms with Gasteiger partial charge in [-0.15, -0.1) is 11.3 Å². The summed E-state index contributed by atoms with van der Waals surface area (Å²) in [4.78, 5) is 6.50. The molecule has 1 saturated heterocycles. The maximum Gasteiger partial charge on any atom is 0.113 e. The largest absolute Gasteiger partial charge is 0.378 e. The molecule has 1 N–H and O–H groups in total. The van der Waals surface area contributed by atoms with Crippen molar-refractivity contribution in [3.05, 3.63) is 15.6 Å². The van der Waals surface area contributed by atoms with Crippen molar-refractivity contribution in [3.63, 3.8) is 0 Å². The van der Waals surface area contributed by atoms with Crippen LogP contribution < -0.4 is 5.32 Å². The van der Waals surface area contributed by atoms with Crippen LogP contribution in [0.25, 0.3) is 0 Å². The van der Waals surface area contributed by atoms with Crippen molar-refractivity contribution in [2.75, 3.05) is 6.61 Å². The van der Waals surface area contributed by atoms with Crippen molar-refractivity contribution < 1.29 is 4.74 Å². The third-order valence-corrected chi connectivity index (χ3v) is 5.50. The van der Waals surface area contributed by atoms with Gasteiger partial charge in [-0.1, -0.05) is 0 Å². The van der Waals surface area contributed by atoms with Crippen molar-refractivity contribution in [3.8, 4) is 0 Å². The van der Waals surface area contributed by atoms with Gasteiger partial charge in [-0.25, -0.2) is 4.98 Å². The minimum atomic E-state index is 0.0425. The lowest BCUT2D eigenvalue weighted by atomic mass is 9.86. The summed E-state index contributed by atoms with van der Waals surface area (Å²) in [6.45, 7) is 7.47. The molecule has 19 heavy (non-hydrogen) atoms. The molecule has 0 saturated carbocycles. The van der Waals surface area contributed by atoms with Crippen LogP contribution in [-0.4, -0.2) is 23.7 Å². The van der Waals surface area contributed by atoms with Gasteiger partial charge in [-0.2, -0.15) is 0 Å². The number of hydrogen-bond acceptors (Lipinski definition) is 4. The Balaban J connectivity index is 1.93. The summed E-state index contributed by atoms with van der Waals surface area (Å²) >= 11 is 1.94. The number of ether oxygens (including phenoxy) is 1. The minimum absolute atomic E-state index is 0.0425. The number of nitrogens with zero attached hydrogens (tertiary/aromatic N) is 1. The molecule has 1 aromatic heterocycles. The first-order valence-corrected chi connectivity index (χ1v) is 8.29. The number of rotatable bonds is 3. The fraction of sp³-hybridized carbons (Fsp3) is 0.800. The van der Waals surface area contributed by atoms with Gasteiger partial charge >= 0.3 is 0 Å². The Labute approximate surface area is 119 Å². The second-order valence-corrected chi connectivity index (χ2v) is 7.34. The Morgan fingerprint density at radius 3 is 2.95 bits per heavy atom. The highest BCUT2D eigenvalue weighted by Gasteiger charge is 2.40. The van der Waals surface area contributed by atoms with E-state index in [4.69, 9.17) is 9.72 Å². The van der Waals surface area contributed by atoms with Crippen molar-refractivity contribution >= 4 is 11.3 Å². The normalized spacial score (nSPS) is 30.8. The summed E-state index contributed by atoms with van der Waals surface area (Å²) in [6.07, 6.45) is 6.10. The standard InChI is InChI=1S/C15H24N2OS/c1-10(2)17-15(7-8-18-11(3)9-15)14-16-12-5-4-6-13(12)19-14/h10-11,17H,4-9H2,1-3H3. The Kier molecular flexibility index (Phi) is 3.67. The molecule has 3 rings (SSSR count). The van der Waals surface area contributed by atoms with Crippen molar-refractivity contribution in [2.24, 2.45) is 0 Å². The lowest BCUT2D eigenvalue weighted by Gasteiger charge is -2.40. The molecular formula is C15H24N2OS. The van der Waals surface area contributed by atoms with Crippen LogP contribution in [0.3, 0.4) is 0 Å². The third-order valence-electron chi connectivity index (χ3n) is 4.14. The van der Waals surface area contributed by atoms with E-state index in [9.17, 15) is 0 Å². The molecule has 1 aliphatic heterocycles. The summed E-state index contributed by atoms with van der Waals surface area (Å²) < 4.78 is 5.75. The molecule has 2 heterocycles. The lowest BCUT2D eigenvalue weighted by Crippen LogP contribution is -2.51. The van der Waals surface area contributed by atoms with E-state index < -0.39 is 0 Å². The van der Waals surface area contributed by atoms with Crippen LogP contribution in [0, 0.1) is 0 Å². The zero-order valence-electron chi connectivity index (χ0n) is 12.2. The van der Waals surface area contributed by atoms with Crippen LogP contribution in [0.4, 0.5) is 0 Å². The molecule has 3 nitrogen and oxygen atoms in total. The zero-order valence-corrected chi connectivity index (χ0v) is 13.0. The van der Waals surface area contributed by atoms with Crippen LogP contribution in [-0.2, 0) is 23.1 Å². The van der Waals surface area contributed by atoms with Gasteiger partial charge in [0, 0.05) is 17.5 Å². The van der Waals surface area contributed by atoms with Crippen LogP contribution in [0.15, 0.2) is 0 Å². The van der Waals surface area contributed by atoms with Gasteiger partial charge in [0.25, 0.3) is 0 Å². The van der Waals surface area contributed by atoms with Crippen molar-refractivity contribution in [2.45, 2.75) is 70.6 Å². The molecule has 1 fully saturated rings. The predicted molar refractivity (Wildman–Crippen MR) is 78.7 cm³/mol. The highest BCUT2D eigenvalue weighted by atomic mass is 32.1. The maximum absolute atomic E-state index is 5.75. The topological polar surface area (TPSA) is 34.2 Å². The van der Waals surface area contributed by atoms with Gasteiger partial charge in [0.1, 0.15) is 5.01 Å². The van der Waals surface area contributed by atoms with E-state index in [1.807, 2.05) is 11.3 Å². The number of thiazole rings is 1. The molecule has 0 radical (unpaired) electrons. The number of fused-ring (bicyclic) bond motifs is 1. The first kappa shape index (κ1) is 13.5. The molecule has 106 valence electrons. The van der Waals surface area contributed by atoms with Gasteiger partial charge in [-0.3, -0.25) is 0 Å². The number of aromatic nitrogens is 1. The first-order valence-electron chi connectivity index (χ1n) is 7.47. The highest BCUT2D eigenvalue weighted by molar-refractivity contribution is 7.12. The van der Waals surface area contributed by atoms with Gasteiger partial charge in [0.15, 0.2) is 0 Å². The van der Waals surface area contributed by atoms with Gasteiger partial charge in [-0.05, 0) is 52.9 Å². The van der Waals surface area contributed by atoms with E-state index in [2.05, 4.69) is 26.1 Å². The zero-order chi connectivity index (χ0) is 13.5. The molecule has 0 bridgehead atoms. The molecule has 4 heteroatoms. The molecule has 2 atom stereocenters. The molecule has 2 aliphatic rings. The quantitative estimate of drug-likeness (QED) is 0.924. The minimum Gasteiger partial charge on any atom is -0.378 e. The Morgan fingerprint density at radius 2 is 2.26 bits per heavy atom. The van der Waals surface area contributed by atoms with Crippen LogP contribution in [0.5, 0.6) is 0 Å². The summed E-state index contributed by atoms with van der Waals surface area (Å²) in [6, 6.07) is 0.476. The van der Waals surface area contributed by atoms with E-state index in [1.165, 1.54) is 34.8 Å². The first-order chi connectivity index (χ1) is 9.09. The van der Waals surface area contributed by atoms with Gasteiger partial charge < -0.3 is 10.1 Å². The molecule has 1 aliphatic carbocycles. The molecular weight excluding hydrogens is 256 g/mol. The Hall–Kier alpha value is -0.450. The fourth-order valence-corrected chi connectivity index (χ4v) is 4.76. The summed E-state index contributed by atoms with van der Waals surface area (Å²) in [5.41, 5.74) is 1.41. The molecule has 0 aromatic carbocycles. The van der Waals surface area contributed by atoms with E-state index in [1.54, 1.807) is 0 Å². The van der Waals surface area contributed by atoms with Crippen molar-refractivity contribution in [1.82, 2.24) is 10.3 Å². The summed E-state index contributed by atoms with van der Waals surface area (Å²) in [5.74, 6) is 0. The van der Waals surface area contributed by atoms with Crippen LogP contribution >= 0.6 is 11.3 Å². The Bertz CT molecular complexity index is 431. The fourth-order valence-electron chi connectivity index (χ4n) is 3.42. The third kappa shape index (κ3) is 2.58. The molecule has 0 spiro atoms. The van der Waals surface area contributed by atoms with E-state index >= 15 is 0 Å². The second kappa shape index (κ2) is 5.15. The van der Waals surface area contributed by atoms with Crippen LogP contribution in [0.2, 0.25) is 0 Å². The lowest BCUT2D eigenvalue weighted by molar-refractivity contribution is -0.0231. The van der Waals surface area contributed by atoms with Gasteiger partial charge in [0.05, 0.1) is 17.3 Å². The number of hydrogen-bond donors (Lipinski definition) is 1. The van der Waals surface area contributed by atoms with Gasteiger partial charge in [0.2, 0.25) is 0 Å². The molecule has 0 amide bonds. The molecule has 2 unspecified atom stereocenters. The SMILES string of the molecule is CC(C)NC1(c2nc3c(s2)CCC3)CCOC(C)C1. The predicted octanol–water partition coefficient (Wildman–Crippen LogP) is 3.02.